The van der Waals surface area contributed by atoms with Crippen LogP contribution in [0.25, 0.3) is 0 Å². The maximum absolute atomic E-state index is 9.51. The Bertz CT molecular complexity index is 377. The molecule has 0 saturated heterocycles. The zero-order valence-corrected chi connectivity index (χ0v) is 11.5. The third-order valence-corrected chi connectivity index (χ3v) is 2.23. The number of aliphatic hydroxyl groups is 1. The Hall–Kier alpha value is -1.67. The lowest BCUT2D eigenvalue weighted by molar-refractivity contribution is 0.0615. The van der Waals surface area contributed by atoms with Gasteiger partial charge in [-0.3, -0.25) is 0 Å². The molecule has 8 heteroatoms. The largest absolute Gasteiger partial charge is 0.464 e. The Balaban J connectivity index is 2.54. The number of hydrogen-bond acceptors (Lipinski definition) is 8. The van der Waals surface area contributed by atoms with Crippen LogP contribution in [0.1, 0.15) is 13.3 Å². The predicted molar refractivity (Wildman–Crippen MR) is 71.5 cm³/mol. The smallest absolute Gasteiger partial charge is 0.323 e. The zero-order valence-electron chi connectivity index (χ0n) is 11.5. The molecule has 0 saturated carbocycles. The quantitative estimate of drug-likeness (QED) is 0.582. The van der Waals surface area contributed by atoms with Gasteiger partial charge < -0.3 is 25.2 Å². The molecule has 0 radical (unpaired) electrons. The molecule has 1 aromatic heterocycles. The topological polar surface area (TPSA) is 101 Å². The van der Waals surface area contributed by atoms with E-state index in [4.69, 9.17) is 9.47 Å². The van der Waals surface area contributed by atoms with Crippen LogP contribution in [0.4, 0.5) is 11.9 Å². The van der Waals surface area contributed by atoms with Crippen molar-refractivity contribution in [3.05, 3.63) is 0 Å². The van der Waals surface area contributed by atoms with Crippen molar-refractivity contribution >= 4 is 11.9 Å². The second kappa shape index (κ2) is 8.44. The normalized spacial score (nSPS) is 12.0. The summed E-state index contributed by atoms with van der Waals surface area (Å²) < 4.78 is 10.1. The van der Waals surface area contributed by atoms with E-state index in [1.807, 2.05) is 6.92 Å². The van der Waals surface area contributed by atoms with Gasteiger partial charge in [-0.2, -0.15) is 15.0 Å². The average molecular weight is 271 g/mol. The van der Waals surface area contributed by atoms with Crippen LogP contribution in [0, 0.1) is 0 Å². The molecule has 3 N–H and O–H groups in total. The van der Waals surface area contributed by atoms with Crippen molar-refractivity contribution in [2.24, 2.45) is 0 Å². The van der Waals surface area contributed by atoms with Gasteiger partial charge in [0.2, 0.25) is 11.9 Å². The molecule has 0 aromatic carbocycles. The molecule has 0 spiro atoms. The standard InChI is InChI=1S/C11H21N5O3/c1-4-19-11-15-9(12-2)14-10(16-11)13-6-5-8(17)7-18-3/h8,17H,4-7H2,1-3H3,(H2,12,13,14,15,16). The summed E-state index contributed by atoms with van der Waals surface area (Å²) in [7, 11) is 3.27. The van der Waals surface area contributed by atoms with Gasteiger partial charge in [0, 0.05) is 20.7 Å². The highest BCUT2D eigenvalue weighted by Crippen LogP contribution is 2.10. The molecule has 0 aliphatic carbocycles. The fourth-order valence-corrected chi connectivity index (χ4v) is 1.37. The van der Waals surface area contributed by atoms with Gasteiger partial charge in [-0.25, -0.2) is 0 Å². The van der Waals surface area contributed by atoms with Crippen molar-refractivity contribution in [3.8, 4) is 6.01 Å². The SMILES string of the molecule is CCOc1nc(NC)nc(NCCC(O)COC)n1. The Kier molecular flexibility index (Phi) is 6.83. The molecule has 8 nitrogen and oxygen atoms in total. The third kappa shape index (κ3) is 5.66. The van der Waals surface area contributed by atoms with Gasteiger partial charge in [0.05, 0.1) is 19.3 Å². The second-order valence-corrected chi connectivity index (χ2v) is 3.77. The van der Waals surface area contributed by atoms with Crippen LogP contribution in [0.15, 0.2) is 0 Å². The first-order chi connectivity index (χ1) is 9.19. The van der Waals surface area contributed by atoms with Crippen LogP contribution in [0.5, 0.6) is 6.01 Å². The maximum Gasteiger partial charge on any atom is 0.323 e. The van der Waals surface area contributed by atoms with Gasteiger partial charge in [-0.15, -0.1) is 0 Å². The molecular weight excluding hydrogens is 250 g/mol. The van der Waals surface area contributed by atoms with Gasteiger partial charge in [-0.05, 0) is 13.3 Å². The van der Waals surface area contributed by atoms with Gasteiger partial charge in [-0.1, -0.05) is 0 Å². The molecule has 0 aliphatic heterocycles. The molecule has 1 heterocycles. The van der Waals surface area contributed by atoms with Gasteiger partial charge in [0.15, 0.2) is 0 Å². The van der Waals surface area contributed by atoms with Crippen LogP contribution >= 0.6 is 0 Å². The summed E-state index contributed by atoms with van der Waals surface area (Å²) in [5.41, 5.74) is 0. The number of anilines is 2. The first-order valence-corrected chi connectivity index (χ1v) is 6.17. The zero-order chi connectivity index (χ0) is 14.1. The van der Waals surface area contributed by atoms with Crippen molar-refractivity contribution in [1.82, 2.24) is 15.0 Å². The van der Waals surface area contributed by atoms with E-state index in [2.05, 4.69) is 25.6 Å². The molecule has 0 amide bonds. The molecule has 1 rings (SSSR count). The number of methoxy groups -OCH3 is 1. The van der Waals surface area contributed by atoms with E-state index >= 15 is 0 Å². The number of hydrogen-bond donors (Lipinski definition) is 3. The van der Waals surface area contributed by atoms with E-state index in [-0.39, 0.29) is 6.01 Å². The second-order valence-electron chi connectivity index (χ2n) is 3.77. The van der Waals surface area contributed by atoms with Crippen molar-refractivity contribution in [2.45, 2.75) is 19.4 Å². The highest BCUT2D eigenvalue weighted by Gasteiger charge is 2.07. The van der Waals surface area contributed by atoms with Crippen molar-refractivity contribution < 1.29 is 14.6 Å². The summed E-state index contributed by atoms with van der Waals surface area (Å²) in [5, 5.41) is 15.4. The number of aliphatic hydroxyl groups excluding tert-OH is 1. The monoisotopic (exact) mass is 271 g/mol. The maximum atomic E-state index is 9.51. The van der Waals surface area contributed by atoms with Crippen LogP contribution < -0.4 is 15.4 Å². The highest BCUT2D eigenvalue weighted by atomic mass is 16.5. The van der Waals surface area contributed by atoms with E-state index in [0.717, 1.165) is 0 Å². The van der Waals surface area contributed by atoms with Crippen LogP contribution in [0.3, 0.4) is 0 Å². The fraction of sp³-hybridized carbons (Fsp3) is 0.727. The minimum atomic E-state index is -0.505. The molecule has 1 unspecified atom stereocenters. The summed E-state index contributed by atoms with van der Waals surface area (Å²) in [6.45, 7) is 3.18. The van der Waals surface area contributed by atoms with Crippen molar-refractivity contribution in [1.29, 1.82) is 0 Å². The van der Waals surface area contributed by atoms with E-state index in [1.54, 1.807) is 14.2 Å². The minimum absolute atomic E-state index is 0.266. The lowest BCUT2D eigenvalue weighted by Gasteiger charge is -2.11. The molecule has 0 bridgehead atoms. The summed E-state index contributed by atoms with van der Waals surface area (Å²) in [5.74, 6) is 0.839. The van der Waals surface area contributed by atoms with Gasteiger partial charge in [0.25, 0.3) is 0 Å². The highest BCUT2D eigenvalue weighted by molar-refractivity contribution is 5.35. The Morgan fingerprint density at radius 2 is 2.00 bits per heavy atom. The molecule has 108 valence electrons. The number of nitrogens with one attached hydrogen (secondary N) is 2. The third-order valence-electron chi connectivity index (χ3n) is 2.23. The molecular formula is C11H21N5O3. The average Bonchev–Trinajstić information content (AvgIpc) is 2.39. The minimum Gasteiger partial charge on any atom is -0.464 e. The first-order valence-electron chi connectivity index (χ1n) is 6.17. The number of ether oxygens (including phenoxy) is 2. The molecule has 0 aliphatic rings. The Morgan fingerprint density at radius 1 is 1.26 bits per heavy atom. The lowest BCUT2D eigenvalue weighted by Crippen LogP contribution is -2.19. The van der Waals surface area contributed by atoms with Crippen LogP contribution in [0.2, 0.25) is 0 Å². The van der Waals surface area contributed by atoms with E-state index in [0.29, 0.717) is 38.1 Å². The van der Waals surface area contributed by atoms with E-state index < -0.39 is 6.10 Å². The Morgan fingerprint density at radius 3 is 2.63 bits per heavy atom. The Labute approximate surface area is 112 Å². The van der Waals surface area contributed by atoms with Gasteiger partial charge >= 0.3 is 6.01 Å². The lowest BCUT2D eigenvalue weighted by atomic mass is 10.3. The fourth-order valence-electron chi connectivity index (χ4n) is 1.37. The van der Waals surface area contributed by atoms with Crippen LogP contribution in [-0.2, 0) is 4.74 Å². The van der Waals surface area contributed by atoms with Crippen LogP contribution in [-0.4, -0.2) is 60.1 Å². The number of rotatable bonds is 9. The predicted octanol–water partition coefficient (Wildman–Crippen LogP) is 0.121. The van der Waals surface area contributed by atoms with Crippen molar-refractivity contribution in [3.63, 3.8) is 0 Å². The number of aromatic nitrogens is 3. The molecule has 0 fully saturated rings. The van der Waals surface area contributed by atoms with E-state index in [1.165, 1.54) is 0 Å². The molecule has 1 aromatic rings. The first kappa shape index (κ1) is 15.4. The molecule has 19 heavy (non-hydrogen) atoms. The summed E-state index contributed by atoms with van der Waals surface area (Å²) in [6, 6.07) is 0.266. The summed E-state index contributed by atoms with van der Waals surface area (Å²) in [6.07, 6.45) is 0.0349. The number of nitrogens with zero attached hydrogens (tertiary/aromatic N) is 3. The molecule has 1 atom stereocenters. The van der Waals surface area contributed by atoms with E-state index in [9.17, 15) is 5.11 Å². The van der Waals surface area contributed by atoms with Gasteiger partial charge in [0.1, 0.15) is 0 Å². The summed E-state index contributed by atoms with van der Waals surface area (Å²) in [4.78, 5) is 12.3. The summed E-state index contributed by atoms with van der Waals surface area (Å²) >= 11 is 0. The van der Waals surface area contributed by atoms with Crippen molar-refractivity contribution in [2.75, 3.05) is 44.5 Å².